The van der Waals surface area contributed by atoms with E-state index in [-0.39, 0.29) is 0 Å². The van der Waals surface area contributed by atoms with Crippen LogP contribution in [0.3, 0.4) is 0 Å². The second-order valence-electron chi connectivity index (χ2n) is 2.97. The Kier molecular flexibility index (Phi) is 1.25. The molecular weight excluding hydrogens is 180 g/mol. The third-order valence-corrected chi connectivity index (χ3v) is 2.13. The van der Waals surface area contributed by atoms with Gasteiger partial charge in [0.05, 0.1) is 11.7 Å². The van der Waals surface area contributed by atoms with Crippen molar-refractivity contribution in [3.05, 3.63) is 30.5 Å². The number of nitrogens with zero attached hydrogens (tertiary/aromatic N) is 4. The van der Waals surface area contributed by atoms with Crippen molar-refractivity contribution in [2.45, 2.75) is 0 Å². The molecule has 0 saturated carbocycles. The second kappa shape index (κ2) is 2.41. The van der Waals surface area contributed by atoms with Gasteiger partial charge in [0, 0.05) is 0 Å². The molecule has 0 atom stereocenters. The third kappa shape index (κ3) is 0.806. The highest BCUT2D eigenvalue weighted by Crippen LogP contribution is 2.20. The van der Waals surface area contributed by atoms with Gasteiger partial charge in [0.15, 0.2) is 0 Å². The zero-order valence-electron chi connectivity index (χ0n) is 7.12. The highest BCUT2D eigenvalue weighted by molar-refractivity contribution is 5.78. The van der Waals surface area contributed by atoms with Crippen LogP contribution in [0, 0.1) is 0 Å². The molecule has 0 spiro atoms. The highest BCUT2D eigenvalue weighted by Gasteiger charge is 2.13. The molecule has 1 N–H and O–H groups in total. The van der Waals surface area contributed by atoms with Crippen molar-refractivity contribution >= 4 is 11.0 Å². The molecule has 2 aliphatic heterocycles. The van der Waals surface area contributed by atoms with E-state index in [1.165, 1.54) is 6.20 Å². The number of para-hydroxylation sites is 2. The van der Waals surface area contributed by atoms with Crippen LogP contribution >= 0.6 is 0 Å². The molecule has 0 radical (unpaired) electrons. The largest absolute Gasteiger partial charge is 0.428 e. The summed E-state index contributed by atoms with van der Waals surface area (Å²) in [5.41, 5.74) is 1.86. The molecule has 1 aromatic carbocycles. The standard InChI is InChI=1S/C9H6N4O/c14-13-7-4-2-1-3-6(7)11-9-8(13)5-10-12-9/h1-5,14H. The van der Waals surface area contributed by atoms with Crippen molar-refractivity contribution in [2.24, 2.45) is 0 Å². The molecule has 0 unspecified atom stereocenters. The normalized spacial score (nSPS) is 11.1. The van der Waals surface area contributed by atoms with E-state index in [4.69, 9.17) is 0 Å². The Balaban J connectivity index is 2.58. The first kappa shape index (κ1) is 7.25. The van der Waals surface area contributed by atoms with Gasteiger partial charge >= 0.3 is 0 Å². The van der Waals surface area contributed by atoms with Gasteiger partial charge in [-0.25, -0.2) is 4.98 Å². The van der Waals surface area contributed by atoms with Crippen molar-refractivity contribution in [1.82, 2.24) is 19.9 Å². The Hall–Kier alpha value is -2.17. The smallest absolute Gasteiger partial charge is 0.204 e. The Labute approximate surface area is 78.9 Å². The van der Waals surface area contributed by atoms with Crippen molar-refractivity contribution < 1.29 is 5.21 Å². The van der Waals surface area contributed by atoms with Gasteiger partial charge in [0.2, 0.25) is 5.82 Å². The summed E-state index contributed by atoms with van der Waals surface area (Å²) in [6, 6.07) is 7.30. The fraction of sp³-hybridized carbons (Fsp3) is 0. The molecule has 1 aromatic rings. The van der Waals surface area contributed by atoms with Crippen molar-refractivity contribution in [3.63, 3.8) is 0 Å². The first-order chi connectivity index (χ1) is 6.86. The summed E-state index contributed by atoms with van der Waals surface area (Å²) in [7, 11) is 0. The Morgan fingerprint density at radius 1 is 1.21 bits per heavy atom. The summed E-state index contributed by atoms with van der Waals surface area (Å²) in [5.74, 6) is 0.450. The highest BCUT2D eigenvalue weighted by atomic mass is 16.5. The first-order valence-electron chi connectivity index (χ1n) is 4.14. The number of fused-ring (bicyclic) bond motifs is 2. The number of benzene rings is 1. The van der Waals surface area contributed by atoms with Crippen LogP contribution in [0.5, 0.6) is 0 Å². The fourth-order valence-electron chi connectivity index (χ4n) is 1.46. The fourth-order valence-corrected chi connectivity index (χ4v) is 1.46. The van der Waals surface area contributed by atoms with Crippen LogP contribution in [0.25, 0.3) is 22.6 Å². The monoisotopic (exact) mass is 186 g/mol. The Bertz CT molecular complexity index is 574. The Morgan fingerprint density at radius 3 is 3.00 bits per heavy atom. The SMILES string of the molecule is On1c2cnnc-2nc2ccccc21. The van der Waals surface area contributed by atoms with E-state index < -0.39 is 0 Å². The minimum Gasteiger partial charge on any atom is -0.428 e. The number of hydrogen-bond acceptors (Lipinski definition) is 4. The molecule has 0 amide bonds. The van der Waals surface area contributed by atoms with Gasteiger partial charge in [-0.05, 0) is 12.1 Å². The predicted octanol–water partition coefficient (Wildman–Crippen LogP) is 1.17. The van der Waals surface area contributed by atoms with Gasteiger partial charge in [-0.1, -0.05) is 12.1 Å². The van der Waals surface area contributed by atoms with Crippen molar-refractivity contribution in [1.29, 1.82) is 0 Å². The molecule has 0 aromatic heterocycles. The molecule has 5 heteroatoms. The lowest BCUT2D eigenvalue weighted by molar-refractivity contribution is 0.202. The third-order valence-electron chi connectivity index (χ3n) is 2.13. The summed E-state index contributed by atoms with van der Waals surface area (Å²) in [4.78, 5) is 4.24. The average Bonchev–Trinajstić information content (AvgIpc) is 2.66. The molecule has 0 fully saturated rings. The Morgan fingerprint density at radius 2 is 2.07 bits per heavy atom. The van der Waals surface area contributed by atoms with Gasteiger partial charge in [-0.15, -0.1) is 5.10 Å². The van der Waals surface area contributed by atoms with E-state index in [1.807, 2.05) is 18.2 Å². The first-order valence-corrected chi connectivity index (χ1v) is 4.14. The summed E-state index contributed by atoms with van der Waals surface area (Å²) in [6.07, 6.45) is 1.48. The lowest BCUT2D eigenvalue weighted by Gasteiger charge is -2.06. The van der Waals surface area contributed by atoms with Crippen LogP contribution in [-0.2, 0) is 0 Å². The van der Waals surface area contributed by atoms with Gasteiger partial charge in [0.25, 0.3) is 0 Å². The molecule has 3 rings (SSSR count). The molecule has 0 bridgehead atoms. The zero-order valence-corrected chi connectivity index (χ0v) is 7.12. The number of hydrogen-bond donors (Lipinski definition) is 1. The molecule has 2 aliphatic rings. The maximum Gasteiger partial charge on any atom is 0.204 e. The minimum atomic E-state index is 0.450. The van der Waals surface area contributed by atoms with E-state index in [0.717, 1.165) is 4.73 Å². The van der Waals surface area contributed by atoms with E-state index in [1.54, 1.807) is 6.07 Å². The summed E-state index contributed by atoms with van der Waals surface area (Å²) in [5, 5.41) is 17.3. The maximum atomic E-state index is 9.80. The van der Waals surface area contributed by atoms with Crippen LogP contribution in [0.15, 0.2) is 30.5 Å². The molecule has 5 nitrogen and oxygen atoms in total. The molecule has 68 valence electrons. The van der Waals surface area contributed by atoms with Crippen LogP contribution in [0.2, 0.25) is 0 Å². The van der Waals surface area contributed by atoms with Crippen molar-refractivity contribution in [3.8, 4) is 11.5 Å². The topological polar surface area (TPSA) is 63.8 Å². The van der Waals surface area contributed by atoms with Gasteiger partial charge in [-0.2, -0.15) is 9.83 Å². The average molecular weight is 186 g/mol. The molecule has 2 heterocycles. The predicted molar refractivity (Wildman–Crippen MR) is 49.1 cm³/mol. The van der Waals surface area contributed by atoms with E-state index in [0.29, 0.717) is 22.6 Å². The maximum absolute atomic E-state index is 9.80. The van der Waals surface area contributed by atoms with Gasteiger partial charge in [0.1, 0.15) is 11.2 Å². The van der Waals surface area contributed by atoms with E-state index >= 15 is 0 Å². The number of rotatable bonds is 0. The van der Waals surface area contributed by atoms with Crippen molar-refractivity contribution in [2.75, 3.05) is 0 Å². The van der Waals surface area contributed by atoms with Gasteiger partial charge < -0.3 is 5.21 Å². The summed E-state index contributed by atoms with van der Waals surface area (Å²) in [6.45, 7) is 0. The van der Waals surface area contributed by atoms with Crippen LogP contribution in [0.1, 0.15) is 0 Å². The molecule has 0 aliphatic carbocycles. The van der Waals surface area contributed by atoms with Gasteiger partial charge in [-0.3, -0.25) is 0 Å². The minimum absolute atomic E-state index is 0.450. The lowest BCUT2D eigenvalue weighted by atomic mass is 10.3. The van der Waals surface area contributed by atoms with E-state index in [9.17, 15) is 5.21 Å². The second-order valence-corrected chi connectivity index (χ2v) is 2.97. The van der Waals surface area contributed by atoms with Crippen LogP contribution < -0.4 is 0 Å². The quantitative estimate of drug-likeness (QED) is 0.535. The van der Waals surface area contributed by atoms with E-state index in [2.05, 4.69) is 15.2 Å². The summed E-state index contributed by atoms with van der Waals surface area (Å²) >= 11 is 0. The molecule has 0 saturated heterocycles. The number of aromatic nitrogens is 4. The molecule has 14 heavy (non-hydrogen) atoms. The molecular formula is C9H6N4O. The summed E-state index contributed by atoms with van der Waals surface area (Å²) < 4.78 is 1.05. The van der Waals surface area contributed by atoms with Crippen LogP contribution in [0.4, 0.5) is 0 Å². The van der Waals surface area contributed by atoms with Crippen LogP contribution in [-0.4, -0.2) is 25.1 Å². The zero-order chi connectivity index (χ0) is 9.54. The lowest BCUT2D eigenvalue weighted by Crippen LogP contribution is -2.01.